The summed E-state index contributed by atoms with van der Waals surface area (Å²) in [6.45, 7) is 0. The zero-order valence-electron chi connectivity index (χ0n) is 7.71. The first-order valence-corrected chi connectivity index (χ1v) is 4.30. The number of carbonyl (C=O) groups excluding carboxylic acids is 1. The van der Waals surface area contributed by atoms with Crippen molar-refractivity contribution in [2.24, 2.45) is 10.2 Å². The third-order valence-corrected chi connectivity index (χ3v) is 2.00. The first-order chi connectivity index (χ1) is 7.29. The minimum atomic E-state index is -0.107. The van der Waals surface area contributed by atoms with Gasteiger partial charge in [-0.1, -0.05) is 29.4 Å². The molecule has 0 saturated carbocycles. The Labute approximate surface area is 85.2 Å². The molecule has 74 valence electrons. The second kappa shape index (κ2) is 3.81. The number of rotatable bonds is 2. The molecule has 6 heteroatoms. The maximum Gasteiger partial charge on any atom is 0.246 e. The smallest absolute Gasteiger partial charge is 0.246 e. The van der Waals surface area contributed by atoms with Gasteiger partial charge in [0.15, 0.2) is 0 Å². The number of hydrazone groups is 1. The van der Waals surface area contributed by atoms with Crippen LogP contribution in [0.5, 0.6) is 0 Å². The van der Waals surface area contributed by atoms with Gasteiger partial charge in [-0.15, -0.1) is 0 Å². The summed E-state index contributed by atoms with van der Waals surface area (Å²) in [5, 5.41) is 7.32. The van der Waals surface area contributed by atoms with Gasteiger partial charge in [-0.25, -0.2) is 5.43 Å². The molecule has 0 spiro atoms. The minimum Gasteiger partial charge on any atom is -0.273 e. The van der Waals surface area contributed by atoms with E-state index in [0.717, 1.165) is 5.56 Å². The Morgan fingerprint density at radius 2 is 2.13 bits per heavy atom. The predicted octanol–water partition coefficient (Wildman–Crippen LogP) is 1.85. The van der Waals surface area contributed by atoms with Crippen molar-refractivity contribution >= 4 is 17.3 Å². The lowest BCUT2D eigenvalue weighted by atomic mass is 10.1. The van der Waals surface area contributed by atoms with Crippen LogP contribution < -0.4 is 5.43 Å². The van der Waals surface area contributed by atoms with Gasteiger partial charge in [-0.05, 0) is 11.1 Å². The first kappa shape index (κ1) is 9.23. The van der Waals surface area contributed by atoms with Crippen LogP contribution in [0.4, 0.5) is 5.69 Å². The van der Waals surface area contributed by atoms with Crippen molar-refractivity contribution in [3.8, 4) is 0 Å². The Hall–Kier alpha value is -2.33. The van der Waals surface area contributed by atoms with Crippen molar-refractivity contribution in [2.45, 2.75) is 6.42 Å². The lowest BCUT2D eigenvalue weighted by Crippen LogP contribution is -2.09. The molecule has 0 aliphatic carbocycles. The summed E-state index contributed by atoms with van der Waals surface area (Å²) in [6, 6.07) is 6.90. The largest absolute Gasteiger partial charge is 0.273 e. The van der Waals surface area contributed by atoms with Gasteiger partial charge in [-0.2, -0.15) is 5.10 Å². The van der Waals surface area contributed by atoms with E-state index in [1.165, 1.54) is 0 Å². The van der Waals surface area contributed by atoms with Crippen LogP contribution in [0.15, 0.2) is 34.5 Å². The van der Waals surface area contributed by atoms with E-state index < -0.39 is 0 Å². The van der Waals surface area contributed by atoms with Gasteiger partial charge in [-0.3, -0.25) is 4.79 Å². The molecule has 1 heterocycles. The normalized spacial score (nSPS) is 14.1. The van der Waals surface area contributed by atoms with Crippen molar-refractivity contribution in [3.63, 3.8) is 0 Å². The molecule has 0 saturated heterocycles. The molecule has 0 fully saturated rings. The molecule has 1 aliphatic heterocycles. The van der Waals surface area contributed by atoms with Gasteiger partial charge in [0, 0.05) is 10.6 Å². The van der Waals surface area contributed by atoms with Crippen LogP contribution in [0, 0.1) is 0 Å². The lowest BCUT2D eigenvalue weighted by Gasteiger charge is -1.97. The molecule has 0 radical (unpaired) electrons. The molecular formula is C9H7N5O. The van der Waals surface area contributed by atoms with Crippen molar-refractivity contribution in [3.05, 3.63) is 40.3 Å². The van der Waals surface area contributed by atoms with Crippen LogP contribution in [-0.4, -0.2) is 11.6 Å². The Kier molecular flexibility index (Phi) is 2.35. The molecule has 6 nitrogen and oxygen atoms in total. The Morgan fingerprint density at radius 3 is 2.67 bits per heavy atom. The Bertz CT molecular complexity index is 470. The van der Waals surface area contributed by atoms with E-state index in [0.29, 0.717) is 17.8 Å². The summed E-state index contributed by atoms with van der Waals surface area (Å²) < 4.78 is 0. The molecule has 1 aliphatic rings. The minimum absolute atomic E-state index is 0.107. The van der Waals surface area contributed by atoms with Crippen molar-refractivity contribution in [2.75, 3.05) is 0 Å². The molecule has 1 aromatic carbocycles. The number of carbonyl (C=O) groups is 1. The fourth-order valence-corrected chi connectivity index (χ4v) is 1.30. The van der Waals surface area contributed by atoms with E-state index in [1.807, 2.05) is 0 Å². The third-order valence-electron chi connectivity index (χ3n) is 2.00. The molecule has 2 rings (SSSR count). The highest BCUT2D eigenvalue weighted by Crippen LogP contribution is 2.15. The number of hydrogen-bond acceptors (Lipinski definition) is 3. The van der Waals surface area contributed by atoms with Crippen LogP contribution in [0.3, 0.4) is 0 Å². The van der Waals surface area contributed by atoms with Crippen LogP contribution in [0.1, 0.15) is 12.0 Å². The van der Waals surface area contributed by atoms with Gasteiger partial charge in [0.1, 0.15) is 0 Å². The third kappa shape index (κ3) is 1.95. The van der Waals surface area contributed by atoms with Gasteiger partial charge in [0.05, 0.1) is 12.1 Å². The molecule has 0 bridgehead atoms. The average Bonchev–Trinajstić information content (AvgIpc) is 2.67. The van der Waals surface area contributed by atoms with Gasteiger partial charge < -0.3 is 0 Å². The quantitative estimate of drug-likeness (QED) is 0.441. The van der Waals surface area contributed by atoms with E-state index >= 15 is 0 Å². The summed E-state index contributed by atoms with van der Waals surface area (Å²) >= 11 is 0. The summed E-state index contributed by atoms with van der Waals surface area (Å²) in [5.41, 5.74) is 12.7. The summed E-state index contributed by atoms with van der Waals surface area (Å²) in [4.78, 5) is 13.6. The fraction of sp³-hybridized carbons (Fsp3) is 0.111. The fourth-order valence-electron chi connectivity index (χ4n) is 1.30. The lowest BCUT2D eigenvalue weighted by molar-refractivity contribution is -0.119. The van der Waals surface area contributed by atoms with E-state index in [9.17, 15) is 4.79 Å². The number of benzene rings is 1. The number of nitrogens with zero attached hydrogens (tertiary/aromatic N) is 4. The van der Waals surface area contributed by atoms with Gasteiger partial charge >= 0.3 is 0 Å². The van der Waals surface area contributed by atoms with Crippen LogP contribution >= 0.6 is 0 Å². The van der Waals surface area contributed by atoms with Crippen LogP contribution in [0.2, 0.25) is 0 Å². The highest BCUT2D eigenvalue weighted by molar-refractivity contribution is 6.13. The molecule has 0 aromatic heterocycles. The van der Waals surface area contributed by atoms with Crippen molar-refractivity contribution in [1.29, 1.82) is 0 Å². The van der Waals surface area contributed by atoms with E-state index in [2.05, 4.69) is 20.6 Å². The van der Waals surface area contributed by atoms with E-state index in [1.54, 1.807) is 24.3 Å². The Balaban J connectivity index is 2.24. The van der Waals surface area contributed by atoms with Gasteiger partial charge in [0.2, 0.25) is 5.91 Å². The highest BCUT2D eigenvalue weighted by atomic mass is 16.2. The molecule has 1 aromatic rings. The van der Waals surface area contributed by atoms with E-state index in [4.69, 9.17) is 5.53 Å². The standard InChI is InChI=1S/C9H7N5O/c10-14-11-7-3-1-6(2-4-7)8-5-9(15)13-12-8/h1-4H,5H2,(H,13,15). The molecule has 15 heavy (non-hydrogen) atoms. The second-order valence-corrected chi connectivity index (χ2v) is 3.01. The molecular weight excluding hydrogens is 194 g/mol. The molecule has 1 N–H and O–H groups in total. The van der Waals surface area contributed by atoms with E-state index in [-0.39, 0.29) is 5.91 Å². The topological polar surface area (TPSA) is 90.2 Å². The predicted molar refractivity (Wildman–Crippen MR) is 54.5 cm³/mol. The zero-order valence-corrected chi connectivity index (χ0v) is 7.71. The average molecular weight is 201 g/mol. The number of nitrogens with one attached hydrogen (secondary N) is 1. The van der Waals surface area contributed by atoms with Gasteiger partial charge in [0.25, 0.3) is 0 Å². The Morgan fingerprint density at radius 1 is 1.40 bits per heavy atom. The highest BCUT2D eigenvalue weighted by Gasteiger charge is 2.15. The molecule has 1 amide bonds. The molecule has 0 atom stereocenters. The zero-order chi connectivity index (χ0) is 10.7. The first-order valence-electron chi connectivity index (χ1n) is 4.30. The maximum atomic E-state index is 10.9. The number of amides is 1. The summed E-state index contributed by atoms with van der Waals surface area (Å²) in [5.74, 6) is -0.107. The van der Waals surface area contributed by atoms with Crippen molar-refractivity contribution in [1.82, 2.24) is 5.43 Å². The SMILES string of the molecule is [N-]=[N+]=Nc1ccc(C2=NNC(=O)C2)cc1. The summed E-state index contributed by atoms with van der Waals surface area (Å²) in [7, 11) is 0. The number of hydrogen-bond donors (Lipinski definition) is 1. The molecule has 0 unspecified atom stereocenters. The van der Waals surface area contributed by atoms with Crippen LogP contribution in [-0.2, 0) is 4.79 Å². The summed E-state index contributed by atoms with van der Waals surface area (Å²) in [6.07, 6.45) is 0.293. The number of azide groups is 1. The monoisotopic (exact) mass is 201 g/mol. The second-order valence-electron chi connectivity index (χ2n) is 3.01. The van der Waals surface area contributed by atoms with Crippen LogP contribution in [0.25, 0.3) is 10.4 Å². The van der Waals surface area contributed by atoms with Crippen molar-refractivity contribution < 1.29 is 4.79 Å². The maximum absolute atomic E-state index is 10.9.